The molecule has 1 rings (SSSR count). The van der Waals surface area contributed by atoms with Crippen molar-refractivity contribution < 1.29 is 4.74 Å². The zero-order chi connectivity index (χ0) is 12.5. The van der Waals surface area contributed by atoms with Crippen molar-refractivity contribution in [2.75, 3.05) is 18.1 Å². The summed E-state index contributed by atoms with van der Waals surface area (Å²) < 4.78 is 5.65. The van der Waals surface area contributed by atoms with Crippen LogP contribution in [0, 0.1) is 0 Å². The number of hydrogen-bond donors (Lipinski definition) is 1. The number of thioether (sulfide) groups is 1. The second kappa shape index (κ2) is 8.43. The lowest BCUT2D eigenvalue weighted by molar-refractivity contribution is 0.344. The molecule has 2 nitrogen and oxygen atoms in total. The summed E-state index contributed by atoms with van der Waals surface area (Å²) in [4.78, 5) is 0. The molecular formula is C14H23NOS. The molecule has 0 fully saturated rings. The summed E-state index contributed by atoms with van der Waals surface area (Å²) in [6.07, 6.45) is 0. The summed E-state index contributed by atoms with van der Waals surface area (Å²) in [5.74, 6) is 3.19. The Labute approximate surface area is 109 Å². The van der Waals surface area contributed by atoms with Gasteiger partial charge in [0.1, 0.15) is 5.75 Å². The van der Waals surface area contributed by atoms with Gasteiger partial charge in [0.15, 0.2) is 0 Å². The lowest BCUT2D eigenvalue weighted by Gasteiger charge is -2.09. The van der Waals surface area contributed by atoms with Gasteiger partial charge in [0, 0.05) is 18.3 Å². The van der Waals surface area contributed by atoms with Crippen LogP contribution in [-0.2, 0) is 6.54 Å². The molecule has 0 saturated heterocycles. The molecule has 0 spiro atoms. The highest BCUT2D eigenvalue weighted by molar-refractivity contribution is 7.99. The van der Waals surface area contributed by atoms with Crippen LogP contribution in [0.15, 0.2) is 24.3 Å². The van der Waals surface area contributed by atoms with Crippen molar-refractivity contribution in [3.05, 3.63) is 29.8 Å². The maximum Gasteiger partial charge on any atom is 0.119 e. The van der Waals surface area contributed by atoms with Gasteiger partial charge in [0.25, 0.3) is 0 Å². The van der Waals surface area contributed by atoms with E-state index in [2.05, 4.69) is 38.2 Å². The summed E-state index contributed by atoms with van der Waals surface area (Å²) in [5, 5.41) is 3.40. The van der Waals surface area contributed by atoms with E-state index < -0.39 is 0 Å². The van der Waals surface area contributed by atoms with E-state index in [9.17, 15) is 0 Å². The summed E-state index contributed by atoms with van der Waals surface area (Å²) in [7, 11) is 0. The van der Waals surface area contributed by atoms with Gasteiger partial charge < -0.3 is 10.1 Å². The fraction of sp³-hybridized carbons (Fsp3) is 0.571. The summed E-state index contributed by atoms with van der Waals surface area (Å²) in [6, 6.07) is 8.87. The van der Waals surface area contributed by atoms with Crippen LogP contribution in [0.3, 0.4) is 0 Å². The van der Waals surface area contributed by atoms with E-state index in [4.69, 9.17) is 4.74 Å². The van der Waals surface area contributed by atoms with Crippen molar-refractivity contribution in [3.8, 4) is 5.75 Å². The topological polar surface area (TPSA) is 21.3 Å². The average molecular weight is 253 g/mol. The molecule has 0 saturated carbocycles. The molecule has 1 N–H and O–H groups in total. The molecule has 0 aromatic heterocycles. The standard InChI is InChI=1S/C14H23NOS/c1-4-17-10-9-16-14-7-5-13(6-8-14)11-15-12(2)3/h5-8,12,15H,4,9-11H2,1-3H3. The monoisotopic (exact) mass is 253 g/mol. The zero-order valence-electron chi connectivity index (χ0n) is 11.0. The third-order valence-electron chi connectivity index (χ3n) is 2.34. The Kier molecular flexibility index (Phi) is 7.13. The lowest BCUT2D eigenvalue weighted by Crippen LogP contribution is -2.21. The Morgan fingerprint density at radius 3 is 2.53 bits per heavy atom. The molecular weight excluding hydrogens is 230 g/mol. The third-order valence-corrected chi connectivity index (χ3v) is 3.20. The fourth-order valence-corrected chi connectivity index (χ4v) is 1.88. The van der Waals surface area contributed by atoms with Gasteiger partial charge in [-0.15, -0.1) is 0 Å². The van der Waals surface area contributed by atoms with Gasteiger partial charge >= 0.3 is 0 Å². The highest BCUT2D eigenvalue weighted by Gasteiger charge is 1.97. The van der Waals surface area contributed by atoms with Gasteiger partial charge in [-0.1, -0.05) is 32.9 Å². The maximum atomic E-state index is 5.65. The van der Waals surface area contributed by atoms with Crippen molar-refractivity contribution in [2.24, 2.45) is 0 Å². The number of rotatable bonds is 8. The van der Waals surface area contributed by atoms with Gasteiger partial charge in [0.05, 0.1) is 6.61 Å². The first-order chi connectivity index (χ1) is 8.22. The predicted molar refractivity (Wildman–Crippen MR) is 76.9 cm³/mol. The van der Waals surface area contributed by atoms with Crippen LogP contribution in [0.5, 0.6) is 5.75 Å². The molecule has 1 aromatic carbocycles. The fourth-order valence-electron chi connectivity index (χ4n) is 1.39. The van der Waals surface area contributed by atoms with Crippen LogP contribution in [-0.4, -0.2) is 24.2 Å². The Morgan fingerprint density at radius 1 is 1.24 bits per heavy atom. The molecule has 0 atom stereocenters. The smallest absolute Gasteiger partial charge is 0.119 e. The van der Waals surface area contributed by atoms with Gasteiger partial charge in [-0.3, -0.25) is 0 Å². The van der Waals surface area contributed by atoms with Crippen LogP contribution < -0.4 is 10.1 Å². The van der Waals surface area contributed by atoms with Crippen LogP contribution >= 0.6 is 11.8 Å². The minimum absolute atomic E-state index is 0.525. The highest BCUT2D eigenvalue weighted by Crippen LogP contribution is 2.12. The Hall–Kier alpha value is -0.670. The van der Waals surface area contributed by atoms with Crippen molar-refractivity contribution in [1.82, 2.24) is 5.32 Å². The van der Waals surface area contributed by atoms with Crippen molar-refractivity contribution >= 4 is 11.8 Å². The van der Waals surface area contributed by atoms with Crippen molar-refractivity contribution in [2.45, 2.75) is 33.4 Å². The molecule has 96 valence electrons. The first-order valence-electron chi connectivity index (χ1n) is 6.25. The molecule has 0 radical (unpaired) electrons. The average Bonchev–Trinajstić information content (AvgIpc) is 2.33. The maximum absolute atomic E-state index is 5.65. The van der Waals surface area contributed by atoms with E-state index in [1.807, 2.05) is 23.9 Å². The normalized spacial score (nSPS) is 10.8. The number of hydrogen-bond acceptors (Lipinski definition) is 3. The Morgan fingerprint density at radius 2 is 1.94 bits per heavy atom. The van der Waals surface area contributed by atoms with Crippen LogP contribution in [0.1, 0.15) is 26.3 Å². The van der Waals surface area contributed by atoms with Crippen molar-refractivity contribution in [1.29, 1.82) is 0 Å². The van der Waals surface area contributed by atoms with E-state index in [0.717, 1.165) is 30.4 Å². The molecule has 1 aromatic rings. The van der Waals surface area contributed by atoms with E-state index >= 15 is 0 Å². The lowest BCUT2D eigenvalue weighted by atomic mass is 10.2. The van der Waals surface area contributed by atoms with E-state index in [-0.39, 0.29) is 0 Å². The number of ether oxygens (including phenoxy) is 1. The molecule has 17 heavy (non-hydrogen) atoms. The van der Waals surface area contributed by atoms with Crippen LogP contribution in [0.4, 0.5) is 0 Å². The molecule has 3 heteroatoms. The van der Waals surface area contributed by atoms with Gasteiger partial charge in [-0.05, 0) is 23.4 Å². The van der Waals surface area contributed by atoms with Gasteiger partial charge in [-0.2, -0.15) is 11.8 Å². The molecule has 0 aliphatic heterocycles. The molecule has 0 heterocycles. The molecule has 0 bridgehead atoms. The second-order valence-corrected chi connectivity index (χ2v) is 5.62. The molecule has 0 aliphatic carbocycles. The Balaban J connectivity index is 2.29. The first-order valence-corrected chi connectivity index (χ1v) is 7.40. The molecule has 0 unspecified atom stereocenters. The largest absolute Gasteiger partial charge is 0.493 e. The molecule has 0 amide bonds. The summed E-state index contributed by atoms with van der Waals surface area (Å²) >= 11 is 1.91. The second-order valence-electron chi connectivity index (χ2n) is 4.22. The van der Waals surface area contributed by atoms with E-state index in [1.54, 1.807) is 0 Å². The van der Waals surface area contributed by atoms with Crippen LogP contribution in [0.2, 0.25) is 0 Å². The predicted octanol–water partition coefficient (Wildman–Crippen LogP) is 3.32. The van der Waals surface area contributed by atoms with Crippen molar-refractivity contribution in [3.63, 3.8) is 0 Å². The number of nitrogens with one attached hydrogen (secondary N) is 1. The van der Waals surface area contributed by atoms with E-state index in [1.165, 1.54) is 5.56 Å². The SMILES string of the molecule is CCSCCOc1ccc(CNC(C)C)cc1. The third kappa shape index (κ3) is 6.59. The minimum atomic E-state index is 0.525. The van der Waals surface area contributed by atoms with Gasteiger partial charge in [0.2, 0.25) is 0 Å². The summed E-state index contributed by atoms with van der Waals surface area (Å²) in [6.45, 7) is 8.19. The highest BCUT2D eigenvalue weighted by atomic mass is 32.2. The van der Waals surface area contributed by atoms with Gasteiger partial charge in [-0.25, -0.2) is 0 Å². The zero-order valence-corrected chi connectivity index (χ0v) is 11.8. The van der Waals surface area contributed by atoms with E-state index in [0.29, 0.717) is 6.04 Å². The molecule has 0 aliphatic rings. The van der Waals surface area contributed by atoms with Crippen LogP contribution in [0.25, 0.3) is 0 Å². The quantitative estimate of drug-likeness (QED) is 0.718. The number of benzene rings is 1. The minimum Gasteiger partial charge on any atom is -0.493 e. The summed E-state index contributed by atoms with van der Waals surface area (Å²) in [5.41, 5.74) is 1.30. The Bertz CT molecular complexity index is 298. The first kappa shape index (κ1) is 14.4.